The average molecular weight is 1000 g/mol. The van der Waals surface area contributed by atoms with E-state index in [1.807, 2.05) is 0 Å². The molecule has 1 aliphatic rings. The van der Waals surface area contributed by atoms with Crippen LogP contribution in [-0.4, -0.2) is 85.7 Å². The van der Waals surface area contributed by atoms with E-state index in [2.05, 4.69) is 59.6 Å². The number of aromatic nitrogens is 2. The number of aliphatic hydroxyl groups is 2. The molecule has 0 saturated carbocycles. The van der Waals surface area contributed by atoms with Gasteiger partial charge >= 0.3 is 33.3 Å². The minimum atomic E-state index is -5.43. The second-order valence-corrected chi connectivity index (χ2v) is 20.4. The maximum absolute atomic E-state index is 12.8. The summed E-state index contributed by atoms with van der Waals surface area (Å²) < 4.78 is 56.7. The molecule has 0 spiro atoms. The predicted molar refractivity (Wildman–Crippen MR) is 261 cm³/mol. The zero-order chi connectivity index (χ0) is 49.9. The Morgan fingerprint density at radius 3 is 1.76 bits per heavy atom. The summed E-state index contributed by atoms with van der Waals surface area (Å²) in [6.07, 6.45) is 32.2. The van der Waals surface area contributed by atoms with Crippen LogP contribution in [0.25, 0.3) is 0 Å². The lowest BCUT2D eigenvalue weighted by Crippen LogP contribution is -2.36. The topological polar surface area (TPSA) is 265 Å². The number of nitrogen functional groups attached to an aromatic ring is 1. The fraction of sp³-hybridized carbons (Fsp3) is 0.750. The van der Waals surface area contributed by atoms with Crippen molar-refractivity contribution < 1.29 is 66.3 Å². The van der Waals surface area contributed by atoms with E-state index < -0.39 is 83.7 Å². The number of unbranched alkanes of at least 4 members (excludes halogenated alkanes) is 19. The van der Waals surface area contributed by atoms with Crippen LogP contribution in [-0.2, 0) is 46.3 Å². The van der Waals surface area contributed by atoms with Gasteiger partial charge < -0.3 is 39.9 Å². The second kappa shape index (κ2) is 36.9. The summed E-state index contributed by atoms with van der Waals surface area (Å²) in [6.45, 7) is 2.10. The van der Waals surface area contributed by atoms with Crippen molar-refractivity contribution in [2.24, 2.45) is 0 Å². The highest BCUT2D eigenvalue weighted by molar-refractivity contribution is 7.61. The number of esters is 2. The van der Waals surface area contributed by atoms with Gasteiger partial charge in [0.05, 0.1) is 13.2 Å². The molecular weight excluding hydrogens is 920 g/mol. The fourth-order valence-electron chi connectivity index (χ4n) is 7.28. The molecule has 0 aliphatic carbocycles. The molecule has 68 heavy (non-hydrogen) atoms. The van der Waals surface area contributed by atoms with Gasteiger partial charge in [-0.15, -0.1) is 0 Å². The van der Waals surface area contributed by atoms with Gasteiger partial charge in [0.2, 0.25) is 0 Å². The molecule has 1 saturated heterocycles. The molecule has 1 aromatic heterocycles. The molecular formula is C48H83N3O15P2. The van der Waals surface area contributed by atoms with Crippen molar-refractivity contribution >= 4 is 33.4 Å². The molecule has 7 atom stereocenters. The molecule has 1 aliphatic heterocycles. The monoisotopic (exact) mass is 1000 g/mol. The van der Waals surface area contributed by atoms with Crippen LogP contribution >= 0.6 is 15.6 Å². The normalized spacial score (nSPS) is 19.7. The number of phosphoric acid groups is 2. The Bertz CT molecular complexity index is 1780. The van der Waals surface area contributed by atoms with Gasteiger partial charge in [0, 0.05) is 19.0 Å². The van der Waals surface area contributed by atoms with Gasteiger partial charge in [-0.05, 0) is 76.7 Å². The van der Waals surface area contributed by atoms with Crippen LogP contribution in [0.15, 0.2) is 53.5 Å². The molecule has 6 N–H and O–H groups in total. The molecule has 2 heterocycles. The van der Waals surface area contributed by atoms with Gasteiger partial charge in [0.1, 0.15) is 30.7 Å². The second-order valence-electron chi connectivity index (χ2n) is 17.3. The van der Waals surface area contributed by atoms with Crippen molar-refractivity contribution in [1.29, 1.82) is 0 Å². The third-order valence-electron chi connectivity index (χ3n) is 11.2. The smallest absolute Gasteiger partial charge is 0.462 e. The first-order valence-corrected chi connectivity index (χ1v) is 28.0. The number of nitrogens with zero attached hydrogens (tertiary/aromatic N) is 2. The maximum atomic E-state index is 12.8. The number of ether oxygens (including phenoxy) is 3. The Morgan fingerprint density at radius 1 is 0.706 bits per heavy atom. The SMILES string of the molecule is CCCCC/C=C\C/C=C\CCCCCCCC(=O)O[C@H](COC(=O)CCCCCCC/C=C\CCCCCCCC)COP(=O)(O)OP(=O)(O)OC[C@H]1O[C@@H](n2ccc(N)nc2=O)C(O)[C@H]1O. The van der Waals surface area contributed by atoms with Crippen LogP contribution in [0.2, 0.25) is 0 Å². The Kier molecular flexibility index (Phi) is 33.1. The number of hydrogen-bond donors (Lipinski definition) is 5. The Labute approximate surface area is 404 Å². The summed E-state index contributed by atoms with van der Waals surface area (Å²) in [5, 5.41) is 20.9. The Balaban J connectivity index is 1.82. The minimum absolute atomic E-state index is 0.0327. The standard InChI is InChI=1S/C48H83N3O15P2/c1-3-5-7-9-11-13-15-17-19-21-23-25-27-29-31-33-43(52)61-37-40(64-44(53)34-32-30-28-26-24-22-20-18-16-14-12-10-8-6-4-2)38-62-67(57,58)66-68(59,60)63-39-41-45(54)46(55)47(65-41)51-36-35-42(49)50-48(51)56/h12,14,17-20,35-36,40-41,45-47,54-55H,3-11,13,15-16,21-34,37-39H2,1-2H3,(H,57,58)(H,59,60)(H2,49,50,56)/b14-12-,19-17-,20-18-/t40-,41-,45+,46?,47-/m1/s1. The fourth-order valence-corrected chi connectivity index (χ4v) is 9.39. The van der Waals surface area contributed by atoms with Crippen LogP contribution in [0.4, 0.5) is 5.82 Å². The number of phosphoric ester groups is 2. The third-order valence-corrected chi connectivity index (χ3v) is 13.8. The summed E-state index contributed by atoms with van der Waals surface area (Å²) in [5.41, 5.74) is 4.59. The van der Waals surface area contributed by atoms with Crippen molar-refractivity contribution in [2.75, 3.05) is 25.6 Å². The van der Waals surface area contributed by atoms with Gasteiger partial charge in [0.25, 0.3) is 0 Å². The molecule has 390 valence electrons. The lowest BCUT2D eigenvalue weighted by molar-refractivity contribution is -0.161. The van der Waals surface area contributed by atoms with E-state index >= 15 is 0 Å². The van der Waals surface area contributed by atoms with Gasteiger partial charge in [-0.3, -0.25) is 23.2 Å². The van der Waals surface area contributed by atoms with E-state index in [4.69, 9.17) is 29.0 Å². The van der Waals surface area contributed by atoms with E-state index in [1.54, 1.807) is 0 Å². The molecule has 3 unspecified atom stereocenters. The van der Waals surface area contributed by atoms with Crippen molar-refractivity contribution in [3.05, 3.63) is 59.2 Å². The number of hydrogen-bond acceptors (Lipinski definition) is 15. The van der Waals surface area contributed by atoms with Gasteiger partial charge in [-0.25, -0.2) is 13.9 Å². The van der Waals surface area contributed by atoms with E-state index in [-0.39, 0.29) is 18.7 Å². The van der Waals surface area contributed by atoms with E-state index in [0.29, 0.717) is 12.8 Å². The Hall–Kier alpha value is -3.02. The molecule has 2 rings (SSSR count). The lowest BCUT2D eigenvalue weighted by atomic mass is 10.1. The number of carbonyl (C=O) groups is 2. The molecule has 20 heteroatoms. The van der Waals surface area contributed by atoms with E-state index in [1.165, 1.54) is 63.9 Å². The number of allylic oxidation sites excluding steroid dienone is 6. The molecule has 1 fully saturated rings. The van der Waals surface area contributed by atoms with Crippen molar-refractivity contribution in [3.8, 4) is 0 Å². The molecule has 0 aromatic carbocycles. The van der Waals surface area contributed by atoms with Gasteiger partial charge in [-0.2, -0.15) is 9.29 Å². The van der Waals surface area contributed by atoms with Crippen molar-refractivity contribution in [2.45, 2.75) is 211 Å². The number of carbonyl (C=O) groups excluding carboxylic acids is 2. The first kappa shape index (κ1) is 61.1. The first-order chi connectivity index (χ1) is 32.7. The number of nitrogens with two attached hydrogens (primary N) is 1. The zero-order valence-electron chi connectivity index (χ0n) is 40.7. The summed E-state index contributed by atoms with van der Waals surface area (Å²) >= 11 is 0. The highest BCUT2D eigenvalue weighted by atomic mass is 31.3. The lowest BCUT2D eigenvalue weighted by Gasteiger charge is -2.21. The summed E-state index contributed by atoms with van der Waals surface area (Å²) in [5.74, 6) is -1.32. The van der Waals surface area contributed by atoms with E-state index in [0.717, 1.165) is 94.2 Å². The minimum Gasteiger partial charge on any atom is -0.462 e. The predicted octanol–water partition coefficient (Wildman–Crippen LogP) is 10.0. The highest BCUT2D eigenvalue weighted by Crippen LogP contribution is 2.60. The average Bonchev–Trinajstić information content (AvgIpc) is 3.57. The first-order valence-electron chi connectivity index (χ1n) is 25.0. The summed E-state index contributed by atoms with van der Waals surface area (Å²) in [4.78, 5) is 61.8. The Morgan fingerprint density at radius 2 is 1.19 bits per heavy atom. The molecule has 1 aromatic rings. The summed E-state index contributed by atoms with van der Waals surface area (Å²) in [7, 11) is -10.8. The van der Waals surface area contributed by atoms with E-state index in [9.17, 15) is 43.5 Å². The molecule has 0 amide bonds. The number of rotatable bonds is 41. The molecule has 18 nitrogen and oxygen atoms in total. The maximum Gasteiger partial charge on any atom is 0.481 e. The highest BCUT2D eigenvalue weighted by Gasteiger charge is 2.46. The van der Waals surface area contributed by atoms with Crippen LogP contribution in [0.3, 0.4) is 0 Å². The molecule has 0 radical (unpaired) electrons. The van der Waals surface area contributed by atoms with Crippen molar-refractivity contribution in [3.63, 3.8) is 0 Å². The number of anilines is 1. The molecule has 0 bridgehead atoms. The van der Waals surface area contributed by atoms with Gasteiger partial charge in [0.15, 0.2) is 12.3 Å². The summed E-state index contributed by atoms with van der Waals surface area (Å²) in [6, 6.07) is 1.25. The zero-order valence-corrected chi connectivity index (χ0v) is 42.4. The van der Waals surface area contributed by atoms with Crippen LogP contribution in [0.1, 0.15) is 187 Å². The number of aliphatic hydroxyl groups excluding tert-OH is 2. The van der Waals surface area contributed by atoms with Crippen LogP contribution in [0, 0.1) is 0 Å². The van der Waals surface area contributed by atoms with Crippen LogP contribution < -0.4 is 11.4 Å². The van der Waals surface area contributed by atoms with Gasteiger partial charge in [-0.1, -0.05) is 134 Å². The third kappa shape index (κ3) is 29.2. The van der Waals surface area contributed by atoms with Crippen molar-refractivity contribution in [1.82, 2.24) is 9.55 Å². The largest absolute Gasteiger partial charge is 0.481 e. The van der Waals surface area contributed by atoms with Crippen LogP contribution in [0.5, 0.6) is 0 Å². The quantitative estimate of drug-likeness (QED) is 0.0177.